The molecular weight excluding hydrogens is 338 g/mol. The minimum Gasteiger partial charge on any atom is -0.481 e. The van der Waals surface area contributed by atoms with Gasteiger partial charge in [-0.1, -0.05) is 5.16 Å². The summed E-state index contributed by atoms with van der Waals surface area (Å²) in [4.78, 5) is 36.6. The van der Waals surface area contributed by atoms with E-state index in [4.69, 9.17) is 4.52 Å². The molecule has 2 atom stereocenters. The van der Waals surface area contributed by atoms with Crippen LogP contribution in [0.25, 0.3) is 11.5 Å². The van der Waals surface area contributed by atoms with Gasteiger partial charge in [-0.15, -0.1) is 0 Å². The molecule has 2 fully saturated rings. The number of anilines is 1. The van der Waals surface area contributed by atoms with E-state index < -0.39 is 17.3 Å². The molecule has 0 aliphatic carbocycles. The van der Waals surface area contributed by atoms with Crippen LogP contribution in [0, 0.1) is 18.3 Å². The van der Waals surface area contributed by atoms with Gasteiger partial charge in [0.25, 0.3) is 5.89 Å². The lowest BCUT2D eigenvalue weighted by Gasteiger charge is -2.25. The number of hydrogen-bond donors (Lipinski definition) is 1. The maximum atomic E-state index is 12.5. The van der Waals surface area contributed by atoms with Crippen molar-refractivity contribution in [2.45, 2.75) is 13.8 Å². The van der Waals surface area contributed by atoms with Gasteiger partial charge < -0.3 is 19.4 Å². The minimum absolute atomic E-state index is 0.0876. The number of aliphatic carboxylic acids is 1. The normalized spacial score (nSPS) is 25.0. The molecule has 2 saturated heterocycles. The Kier molecular flexibility index (Phi) is 3.67. The average molecular weight is 357 g/mol. The first-order valence-electron chi connectivity index (χ1n) is 8.48. The van der Waals surface area contributed by atoms with Gasteiger partial charge in [-0.25, -0.2) is 4.98 Å². The first-order valence-corrected chi connectivity index (χ1v) is 8.48. The maximum Gasteiger partial charge on any atom is 0.314 e. The Morgan fingerprint density at radius 3 is 2.77 bits per heavy atom. The molecule has 0 unspecified atom stereocenters. The van der Waals surface area contributed by atoms with Gasteiger partial charge in [0.1, 0.15) is 11.2 Å². The Hall–Kier alpha value is -2.97. The van der Waals surface area contributed by atoms with Crippen LogP contribution < -0.4 is 4.90 Å². The molecule has 4 rings (SSSR count). The fourth-order valence-corrected chi connectivity index (χ4v) is 3.86. The van der Waals surface area contributed by atoms with Crippen LogP contribution >= 0.6 is 0 Å². The Labute approximate surface area is 149 Å². The summed E-state index contributed by atoms with van der Waals surface area (Å²) in [7, 11) is 0. The van der Waals surface area contributed by atoms with E-state index in [1.165, 1.54) is 0 Å². The minimum atomic E-state index is -1.07. The number of carboxylic acid groups (broad SMARTS) is 1. The Morgan fingerprint density at radius 1 is 1.42 bits per heavy atom. The summed E-state index contributed by atoms with van der Waals surface area (Å²) in [5, 5.41) is 13.6. The van der Waals surface area contributed by atoms with Gasteiger partial charge in [-0.05, 0) is 26.0 Å². The molecule has 0 saturated carbocycles. The number of aromatic nitrogens is 3. The molecule has 2 aromatic heterocycles. The third-order valence-corrected chi connectivity index (χ3v) is 5.28. The summed E-state index contributed by atoms with van der Waals surface area (Å²) in [6, 6.07) is 3.59. The first-order chi connectivity index (χ1) is 12.4. The van der Waals surface area contributed by atoms with E-state index in [2.05, 4.69) is 15.1 Å². The van der Waals surface area contributed by atoms with E-state index in [0.29, 0.717) is 36.2 Å². The van der Waals surface area contributed by atoms with Crippen LogP contribution in [0.4, 0.5) is 5.82 Å². The number of hydrogen-bond acceptors (Lipinski definition) is 7. The molecule has 0 radical (unpaired) electrons. The number of nitrogens with zero attached hydrogens (tertiary/aromatic N) is 5. The lowest BCUT2D eigenvalue weighted by Crippen LogP contribution is -2.41. The highest BCUT2D eigenvalue weighted by molar-refractivity contribution is 5.93. The summed E-state index contributed by atoms with van der Waals surface area (Å²) in [5.74, 6) is 0.00735. The molecule has 136 valence electrons. The van der Waals surface area contributed by atoms with Crippen molar-refractivity contribution in [3.63, 3.8) is 0 Å². The van der Waals surface area contributed by atoms with Gasteiger partial charge in [-0.3, -0.25) is 9.59 Å². The molecule has 2 aliphatic rings. The highest BCUT2D eigenvalue weighted by Crippen LogP contribution is 2.44. The van der Waals surface area contributed by atoms with Gasteiger partial charge in [0, 0.05) is 32.4 Å². The number of aryl methyl sites for hydroxylation is 1. The molecule has 4 heterocycles. The number of fused-ring (bicyclic) bond motifs is 1. The van der Waals surface area contributed by atoms with Crippen LogP contribution in [0.1, 0.15) is 12.7 Å². The molecule has 0 spiro atoms. The highest BCUT2D eigenvalue weighted by atomic mass is 16.5. The zero-order valence-electron chi connectivity index (χ0n) is 14.5. The summed E-state index contributed by atoms with van der Waals surface area (Å²) < 4.78 is 5.12. The third kappa shape index (κ3) is 2.34. The summed E-state index contributed by atoms with van der Waals surface area (Å²) in [5.41, 5.74) is -0.383. The molecule has 0 aromatic carbocycles. The fraction of sp³-hybridized carbons (Fsp3) is 0.471. The van der Waals surface area contributed by atoms with E-state index in [1.807, 2.05) is 11.8 Å². The summed E-state index contributed by atoms with van der Waals surface area (Å²) in [6.07, 6.45) is 1.62. The van der Waals surface area contributed by atoms with Crippen molar-refractivity contribution in [2.75, 3.05) is 31.1 Å². The maximum absolute atomic E-state index is 12.5. The zero-order valence-corrected chi connectivity index (χ0v) is 14.5. The number of carbonyl (C=O) groups is 2. The fourth-order valence-electron chi connectivity index (χ4n) is 3.86. The third-order valence-electron chi connectivity index (χ3n) is 5.28. The Bertz CT molecular complexity index is 864. The second-order valence-electron chi connectivity index (χ2n) is 6.80. The molecule has 26 heavy (non-hydrogen) atoms. The van der Waals surface area contributed by atoms with Gasteiger partial charge in [0.15, 0.2) is 5.82 Å². The number of rotatable bonds is 4. The summed E-state index contributed by atoms with van der Waals surface area (Å²) in [6.45, 7) is 5.00. The molecule has 1 N–H and O–H groups in total. The van der Waals surface area contributed by atoms with Gasteiger partial charge in [0.2, 0.25) is 5.91 Å². The Balaban J connectivity index is 1.59. The summed E-state index contributed by atoms with van der Waals surface area (Å²) >= 11 is 0. The second kappa shape index (κ2) is 5.79. The van der Waals surface area contributed by atoms with Crippen LogP contribution in [0.5, 0.6) is 0 Å². The largest absolute Gasteiger partial charge is 0.481 e. The van der Waals surface area contributed by atoms with Crippen LogP contribution in [0.3, 0.4) is 0 Å². The van der Waals surface area contributed by atoms with Crippen molar-refractivity contribution in [3.05, 3.63) is 24.2 Å². The van der Waals surface area contributed by atoms with Crippen LogP contribution in [0.15, 0.2) is 22.9 Å². The van der Waals surface area contributed by atoms with Crippen LogP contribution in [-0.2, 0) is 9.59 Å². The second-order valence-corrected chi connectivity index (χ2v) is 6.80. The van der Waals surface area contributed by atoms with Gasteiger partial charge in [-0.2, -0.15) is 4.98 Å². The molecule has 9 heteroatoms. The van der Waals surface area contributed by atoms with Crippen LogP contribution in [-0.4, -0.2) is 63.2 Å². The van der Waals surface area contributed by atoms with E-state index in [1.54, 1.807) is 30.2 Å². The SMILES string of the molecule is CCN1C[C@]2(C(=O)O)CN(c3ccc(-c4nc(C)no4)cn3)C[C@@H]2C1=O. The number of amides is 1. The predicted octanol–water partition coefficient (Wildman–Crippen LogP) is 0.809. The number of carbonyl (C=O) groups excluding carboxylic acids is 1. The van der Waals surface area contributed by atoms with E-state index >= 15 is 0 Å². The quantitative estimate of drug-likeness (QED) is 0.855. The standard InChI is InChI=1S/C17H19N5O4/c1-3-21-8-17(16(24)25)9-22(7-12(17)15(21)23)13-5-4-11(6-18-13)14-19-10(2)20-26-14/h4-6,12H,3,7-9H2,1-2H3,(H,24,25)/t12-,17+/m1/s1. The predicted molar refractivity (Wildman–Crippen MR) is 90.3 cm³/mol. The van der Waals surface area contributed by atoms with Crippen molar-refractivity contribution in [1.82, 2.24) is 20.0 Å². The first kappa shape index (κ1) is 16.5. The van der Waals surface area contributed by atoms with E-state index in [0.717, 1.165) is 0 Å². The van der Waals surface area contributed by atoms with Crippen molar-refractivity contribution in [1.29, 1.82) is 0 Å². The number of likely N-dealkylation sites (tertiary alicyclic amines) is 1. The molecule has 9 nitrogen and oxygen atoms in total. The number of carboxylic acids is 1. The molecule has 2 aromatic rings. The van der Waals surface area contributed by atoms with Crippen LogP contribution in [0.2, 0.25) is 0 Å². The van der Waals surface area contributed by atoms with Gasteiger partial charge >= 0.3 is 5.97 Å². The monoisotopic (exact) mass is 357 g/mol. The van der Waals surface area contributed by atoms with E-state index in [9.17, 15) is 14.7 Å². The lowest BCUT2D eigenvalue weighted by molar-refractivity contribution is -0.149. The molecular formula is C17H19N5O4. The highest BCUT2D eigenvalue weighted by Gasteiger charge is 2.62. The lowest BCUT2D eigenvalue weighted by atomic mass is 9.81. The van der Waals surface area contributed by atoms with E-state index in [-0.39, 0.29) is 19.0 Å². The Morgan fingerprint density at radius 2 is 2.23 bits per heavy atom. The van der Waals surface area contributed by atoms with Crippen molar-refractivity contribution in [3.8, 4) is 11.5 Å². The zero-order chi connectivity index (χ0) is 18.5. The van der Waals surface area contributed by atoms with Gasteiger partial charge in [0.05, 0.1) is 11.5 Å². The molecule has 0 bridgehead atoms. The van der Waals surface area contributed by atoms with Crippen molar-refractivity contribution < 1.29 is 19.2 Å². The molecule has 1 amide bonds. The smallest absolute Gasteiger partial charge is 0.314 e. The van der Waals surface area contributed by atoms with Crippen molar-refractivity contribution in [2.24, 2.45) is 11.3 Å². The van der Waals surface area contributed by atoms with Crippen molar-refractivity contribution >= 4 is 17.7 Å². The average Bonchev–Trinajstić information content (AvgIpc) is 3.29. The number of pyridine rings is 1. The topological polar surface area (TPSA) is 113 Å². The molecule has 2 aliphatic heterocycles.